The maximum Gasteiger partial charge on any atom is 0.251 e. The molecule has 2 heterocycles. The van der Waals surface area contributed by atoms with Crippen LogP contribution in [0.2, 0.25) is 0 Å². The van der Waals surface area contributed by atoms with E-state index in [-0.39, 0.29) is 11.4 Å². The van der Waals surface area contributed by atoms with E-state index in [2.05, 4.69) is 20.1 Å². The maximum absolute atomic E-state index is 13.9. The molecule has 1 fully saturated rings. The van der Waals surface area contributed by atoms with Gasteiger partial charge in [0.05, 0.1) is 4.70 Å². The number of carbonyl (C=O) groups is 1. The molecule has 29 heavy (non-hydrogen) atoms. The Morgan fingerprint density at radius 3 is 2.62 bits per heavy atom. The number of fused-ring (bicyclic) bond motifs is 1. The molecule has 2 aromatic carbocycles. The largest absolute Gasteiger partial charge is 0.351 e. The molecular weight excluding hydrogens is 401 g/mol. The number of amides is 1. The molecule has 152 valence electrons. The molecule has 0 atom stereocenters. The van der Waals surface area contributed by atoms with Crippen molar-refractivity contribution in [3.63, 3.8) is 0 Å². The summed E-state index contributed by atoms with van der Waals surface area (Å²) in [6.07, 6.45) is 0. The lowest BCUT2D eigenvalue weighted by atomic mass is 10.2. The number of aromatic nitrogens is 1. The Balaban J connectivity index is 1.27. The van der Waals surface area contributed by atoms with Crippen molar-refractivity contribution < 1.29 is 18.0 Å². The molecule has 9 heteroatoms. The van der Waals surface area contributed by atoms with E-state index in [1.165, 1.54) is 35.6 Å². The molecule has 0 saturated carbocycles. The van der Waals surface area contributed by atoms with Gasteiger partial charge in [0.1, 0.15) is 17.2 Å². The molecular formula is C20H19F3N4OS. The Labute approximate surface area is 169 Å². The second-order valence-corrected chi connectivity index (χ2v) is 7.83. The van der Waals surface area contributed by atoms with Crippen LogP contribution in [-0.4, -0.2) is 55.1 Å². The smallest absolute Gasteiger partial charge is 0.251 e. The Morgan fingerprint density at radius 2 is 1.86 bits per heavy atom. The van der Waals surface area contributed by atoms with Crippen molar-refractivity contribution in [2.75, 3.05) is 44.2 Å². The minimum absolute atomic E-state index is 0.203. The average Bonchev–Trinajstić information content (AvgIpc) is 3.13. The van der Waals surface area contributed by atoms with Crippen molar-refractivity contribution in [2.45, 2.75) is 0 Å². The van der Waals surface area contributed by atoms with Gasteiger partial charge in [-0.3, -0.25) is 9.69 Å². The van der Waals surface area contributed by atoms with Gasteiger partial charge in [-0.25, -0.2) is 18.2 Å². The number of nitrogens with zero attached hydrogens (tertiary/aromatic N) is 3. The number of rotatable bonds is 5. The predicted octanol–water partition coefficient (Wildman–Crippen LogP) is 3.27. The fraction of sp³-hybridized carbons (Fsp3) is 0.300. The SMILES string of the molecule is O=C(NCCN1CCN(c2nc3c(F)cc(F)cc3s2)CC1)c1cccc(F)c1. The summed E-state index contributed by atoms with van der Waals surface area (Å²) >= 11 is 1.28. The summed E-state index contributed by atoms with van der Waals surface area (Å²) in [5.41, 5.74) is 0.503. The Hall–Kier alpha value is -2.65. The molecule has 1 aliphatic heterocycles. The van der Waals surface area contributed by atoms with Gasteiger partial charge in [0, 0.05) is 50.9 Å². The first-order valence-electron chi connectivity index (χ1n) is 9.26. The van der Waals surface area contributed by atoms with Crippen molar-refractivity contribution >= 4 is 32.6 Å². The van der Waals surface area contributed by atoms with E-state index in [1.807, 2.05) is 0 Å². The predicted molar refractivity (Wildman–Crippen MR) is 107 cm³/mol. The van der Waals surface area contributed by atoms with Crippen LogP contribution in [-0.2, 0) is 0 Å². The number of halogens is 3. The van der Waals surface area contributed by atoms with E-state index in [9.17, 15) is 18.0 Å². The number of carbonyl (C=O) groups excluding carboxylic acids is 1. The van der Waals surface area contributed by atoms with Crippen LogP contribution < -0.4 is 10.2 Å². The highest BCUT2D eigenvalue weighted by Crippen LogP contribution is 2.31. The molecule has 1 saturated heterocycles. The molecule has 1 aromatic heterocycles. The van der Waals surface area contributed by atoms with E-state index in [4.69, 9.17) is 0 Å². The van der Waals surface area contributed by atoms with Gasteiger partial charge in [-0.15, -0.1) is 0 Å². The molecule has 0 unspecified atom stereocenters. The lowest BCUT2D eigenvalue weighted by molar-refractivity contribution is 0.0947. The van der Waals surface area contributed by atoms with E-state index in [0.717, 1.165) is 19.2 Å². The van der Waals surface area contributed by atoms with Crippen LogP contribution in [0.1, 0.15) is 10.4 Å². The molecule has 0 bridgehead atoms. The zero-order valence-corrected chi connectivity index (χ0v) is 16.3. The number of thiazole rings is 1. The Kier molecular flexibility index (Phi) is 5.68. The van der Waals surface area contributed by atoms with Gasteiger partial charge in [-0.1, -0.05) is 17.4 Å². The van der Waals surface area contributed by atoms with E-state index in [1.54, 1.807) is 6.07 Å². The monoisotopic (exact) mass is 420 g/mol. The van der Waals surface area contributed by atoms with Crippen LogP contribution in [0.15, 0.2) is 36.4 Å². The second kappa shape index (κ2) is 8.38. The summed E-state index contributed by atoms with van der Waals surface area (Å²) < 4.78 is 40.9. The summed E-state index contributed by atoms with van der Waals surface area (Å²) in [5.74, 6) is -1.98. The highest BCUT2D eigenvalue weighted by molar-refractivity contribution is 7.22. The first kappa shape index (κ1) is 19.7. The summed E-state index contributed by atoms with van der Waals surface area (Å²) in [7, 11) is 0. The van der Waals surface area contributed by atoms with Crippen LogP contribution in [0.25, 0.3) is 10.2 Å². The third-order valence-electron chi connectivity index (χ3n) is 4.85. The Bertz CT molecular complexity index is 1030. The molecule has 1 amide bonds. The lowest BCUT2D eigenvalue weighted by Crippen LogP contribution is -2.48. The van der Waals surface area contributed by atoms with Gasteiger partial charge in [-0.05, 0) is 24.3 Å². The van der Waals surface area contributed by atoms with Gasteiger partial charge >= 0.3 is 0 Å². The number of piperazine rings is 1. The molecule has 0 aliphatic carbocycles. The maximum atomic E-state index is 13.9. The fourth-order valence-corrected chi connectivity index (χ4v) is 4.36. The van der Waals surface area contributed by atoms with Crippen molar-refractivity contribution in [2.24, 2.45) is 0 Å². The first-order valence-corrected chi connectivity index (χ1v) is 10.1. The van der Waals surface area contributed by atoms with Gasteiger partial charge < -0.3 is 10.2 Å². The normalized spacial score (nSPS) is 15.1. The van der Waals surface area contributed by atoms with Gasteiger partial charge in [0.25, 0.3) is 5.91 Å². The quantitative estimate of drug-likeness (QED) is 0.689. The topological polar surface area (TPSA) is 48.5 Å². The third-order valence-corrected chi connectivity index (χ3v) is 5.91. The van der Waals surface area contributed by atoms with E-state index >= 15 is 0 Å². The van der Waals surface area contributed by atoms with Gasteiger partial charge in [-0.2, -0.15) is 0 Å². The highest BCUT2D eigenvalue weighted by Gasteiger charge is 2.21. The van der Waals surface area contributed by atoms with Crippen molar-refractivity contribution in [3.8, 4) is 0 Å². The van der Waals surface area contributed by atoms with Crippen molar-refractivity contribution in [1.82, 2.24) is 15.2 Å². The van der Waals surface area contributed by atoms with Crippen molar-refractivity contribution in [3.05, 3.63) is 59.4 Å². The number of benzene rings is 2. The zero-order valence-electron chi connectivity index (χ0n) is 15.5. The highest BCUT2D eigenvalue weighted by atomic mass is 32.1. The van der Waals surface area contributed by atoms with E-state index < -0.39 is 17.5 Å². The number of nitrogens with one attached hydrogen (secondary N) is 1. The number of hydrogen-bond acceptors (Lipinski definition) is 5. The second-order valence-electron chi connectivity index (χ2n) is 6.83. The van der Waals surface area contributed by atoms with Crippen LogP contribution >= 0.6 is 11.3 Å². The zero-order chi connectivity index (χ0) is 20.4. The number of anilines is 1. The molecule has 0 spiro atoms. The van der Waals surface area contributed by atoms with E-state index in [0.29, 0.717) is 41.6 Å². The first-order chi connectivity index (χ1) is 14.0. The fourth-order valence-electron chi connectivity index (χ4n) is 3.30. The Morgan fingerprint density at radius 1 is 1.07 bits per heavy atom. The summed E-state index contributed by atoms with van der Waals surface area (Å²) in [6, 6.07) is 7.74. The van der Waals surface area contributed by atoms with Gasteiger partial charge in [0.2, 0.25) is 0 Å². The number of hydrogen-bond donors (Lipinski definition) is 1. The summed E-state index contributed by atoms with van der Waals surface area (Å²) in [6.45, 7) is 4.09. The molecule has 1 aliphatic rings. The van der Waals surface area contributed by atoms with Gasteiger partial charge in [0.15, 0.2) is 10.9 Å². The average molecular weight is 420 g/mol. The third kappa shape index (κ3) is 4.51. The molecule has 3 aromatic rings. The van der Waals surface area contributed by atoms with Crippen LogP contribution in [0, 0.1) is 17.5 Å². The standard InChI is InChI=1S/C20H19F3N4OS/c21-14-3-1-2-13(10-14)19(28)24-4-5-26-6-8-27(9-7-26)20-25-18-16(23)11-15(22)12-17(18)29-20/h1-3,10-12H,4-9H2,(H,24,28). The minimum atomic E-state index is -0.643. The van der Waals surface area contributed by atoms with Crippen LogP contribution in [0.4, 0.5) is 18.3 Å². The van der Waals surface area contributed by atoms with Crippen LogP contribution in [0.5, 0.6) is 0 Å². The molecule has 0 radical (unpaired) electrons. The van der Waals surface area contributed by atoms with Crippen LogP contribution in [0.3, 0.4) is 0 Å². The molecule has 1 N–H and O–H groups in total. The van der Waals surface area contributed by atoms with Crippen molar-refractivity contribution in [1.29, 1.82) is 0 Å². The molecule has 5 nitrogen and oxygen atoms in total. The molecule has 4 rings (SSSR count). The summed E-state index contributed by atoms with van der Waals surface area (Å²) in [4.78, 5) is 20.6. The summed E-state index contributed by atoms with van der Waals surface area (Å²) in [5, 5.41) is 3.48. The lowest BCUT2D eigenvalue weighted by Gasteiger charge is -2.34. The minimum Gasteiger partial charge on any atom is -0.351 e.